The van der Waals surface area contributed by atoms with Crippen LogP contribution in [0.2, 0.25) is 0 Å². The lowest BCUT2D eigenvalue weighted by Gasteiger charge is -2.18. The number of sulfonamides is 2. The molecule has 0 aliphatic heterocycles. The monoisotopic (exact) mass is 650 g/mol. The lowest BCUT2D eigenvalue weighted by Crippen LogP contribution is -2.17. The molecule has 0 radical (unpaired) electrons. The first-order chi connectivity index (χ1) is 22.0. The topological polar surface area (TPSA) is 127 Å². The molecule has 232 valence electrons. The van der Waals surface area contributed by atoms with Crippen molar-refractivity contribution >= 4 is 42.3 Å². The van der Waals surface area contributed by atoms with E-state index in [9.17, 15) is 16.8 Å². The highest BCUT2D eigenvalue weighted by molar-refractivity contribution is 7.93. The predicted octanol–water partition coefficient (Wildman–Crippen LogP) is 7.19. The highest BCUT2D eigenvalue weighted by atomic mass is 32.2. The van der Waals surface area contributed by atoms with Gasteiger partial charge in [-0.15, -0.1) is 0 Å². The number of rotatable bonds is 9. The van der Waals surface area contributed by atoms with Crippen molar-refractivity contribution in [3.05, 3.63) is 126 Å². The molecule has 0 amide bonds. The van der Waals surface area contributed by atoms with Gasteiger partial charge in [0, 0.05) is 10.9 Å². The van der Waals surface area contributed by atoms with Crippen LogP contribution < -0.4 is 14.2 Å². The smallest absolute Gasteiger partial charge is 0.261 e. The molecule has 6 rings (SSSR count). The van der Waals surface area contributed by atoms with Gasteiger partial charge < -0.3 is 4.74 Å². The molecule has 0 aliphatic rings. The van der Waals surface area contributed by atoms with Crippen LogP contribution in [0, 0.1) is 13.8 Å². The first-order valence-electron chi connectivity index (χ1n) is 14.3. The summed E-state index contributed by atoms with van der Waals surface area (Å²) in [6, 6.07) is 32.3. The molecule has 6 aromatic rings. The van der Waals surface area contributed by atoms with Gasteiger partial charge in [0.25, 0.3) is 20.0 Å². The molecule has 0 atom stereocenters. The lowest BCUT2D eigenvalue weighted by molar-refractivity contribution is 0.415. The summed E-state index contributed by atoms with van der Waals surface area (Å²) >= 11 is 0. The van der Waals surface area contributed by atoms with Crippen molar-refractivity contribution in [3.8, 4) is 28.4 Å². The van der Waals surface area contributed by atoms with Gasteiger partial charge in [-0.25, -0.2) is 26.8 Å². The maximum Gasteiger partial charge on any atom is 0.261 e. The third kappa shape index (κ3) is 6.28. The second kappa shape index (κ2) is 12.3. The van der Waals surface area contributed by atoms with Gasteiger partial charge in [-0.3, -0.25) is 9.44 Å². The summed E-state index contributed by atoms with van der Waals surface area (Å²) in [7, 11) is -6.59. The summed E-state index contributed by atoms with van der Waals surface area (Å²) in [5.74, 6) is 0.791. The molecule has 0 fully saturated rings. The van der Waals surface area contributed by atoms with Crippen LogP contribution in [-0.2, 0) is 20.0 Å². The minimum Gasteiger partial charge on any atom is -0.497 e. The minimum absolute atomic E-state index is 0.0491. The Morgan fingerprint density at radius 1 is 0.587 bits per heavy atom. The Kier molecular flexibility index (Phi) is 8.20. The van der Waals surface area contributed by atoms with Gasteiger partial charge in [-0.05, 0) is 80.6 Å². The zero-order valence-electron chi connectivity index (χ0n) is 25.2. The quantitative estimate of drug-likeness (QED) is 0.170. The zero-order valence-corrected chi connectivity index (χ0v) is 26.9. The van der Waals surface area contributed by atoms with Gasteiger partial charge in [0.2, 0.25) is 0 Å². The second-order valence-electron chi connectivity index (χ2n) is 10.7. The van der Waals surface area contributed by atoms with Crippen LogP contribution in [0.4, 0.5) is 11.4 Å². The molecule has 2 N–H and O–H groups in total. The van der Waals surface area contributed by atoms with E-state index in [-0.39, 0.29) is 32.6 Å². The van der Waals surface area contributed by atoms with Gasteiger partial charge >= 0.3 is 0 Å². The second-order valence-corrected chi connectivity index (χ2v) is 14.1. The van der Waals surface area contributed by atoms with Crippen molar-refractivity contribution in [2.24, 2.45) is 0 Å². The maximum atomic E-state index is 13.6. The molecular formula is C35H30N4O5S2. The fourth-order valence-electron chi connectivity index (χ4n) is 4.96. The minimum atomic E-state index is -4.09. The summed E-state index contributed by atoms with van der Waals surface area (Å²) in [6.07, 6.45) is 0. The highest BCUT2D eigenvalue weighted by Crippen LogP contribution is 2.38. The number of nitrogens with zero attached hydrogens (tertiary/aromatic N) is 2. The number of aryl methyl sites for hydroxylation is 2. The summed E-state index contributed by atoms with van der Waals surface area (Å²) in [5.41, 5.74) is 4.09. The number of anilines is 2. The van der Waals surface area contributed by atoms with E-state index in [1.165, 1.54) is 24.3 Å². The van der Waals surface area contributed by atoms with Crippen LogP contribution in [0.25, 0.3) is 33.5 Å². The largest absolute Gasteiger partial charge is 0.497 e. The number of ether oxygens (including phenoxy) is 1. The van der Waals surface area contributed by atoms with Crippen LogP contribution in [0.15, 0.2) is 125 Å². The average molecular weight is 651 g/mol. The summed E-state index contributed by atoms with van der Waals surface area (Å²) < 4.78 is 65.1. The SMILES string of the molecule is COc1ccc(-c2nc(-c3c(NS(=O)(=O)c4ccc(C)cc4)cccc3NS(=O)(=O)c3ccc(C)cc3)nc3ccccc23)cc1. The van der Waals surface area contributed by atoms with Crippen LogP contribution >= 0.6 is 0 Å². The molecule has 0 saturated heterocycles. The third-order valence-corrected chi connectivity index (χ3v) is 10.2. The first-order valence-corrected chi connectivity index (χ1v) is 17.2. The van der Waals surface area contributed by atoms with Gasteiger partial charge in [-0.1, -0.05) is 59.7 Å². The number of fused-ring (bicyclic) bond motifs is 1. The van der Waals surface area contributed by atoms with E-state index in [1.54, 1.807) is 49.6 Å². The Balaban J connectivity index is 1.57. The highest BCUT2D eigenvalue weighted by Gasteiger charge is 2.24. The molecule has 0 unspecified atom stereocenters. The molecule has 46 heavy (non-hydrogen) atoms. The molecule has 5 aromatic carbocycles. The number of para-hydroxylation sites is 1. The summed E-state index contributed by atoms with van der Waals surface area (Å²) in [4.78, 5) is 9.83. The van der Waals surface area contributed by atoms with Crippen LogP contribution in [0.5, 0.6) is 5.75 Å². The Morgan fingerprint density at radius 3 is 1.63 bits per heavy atom. The molecule has 0 bridgehead atoms. The number of benzene rings is 5. The molecule has 1 heterocycles. The van der Waals surface area contributed by atoms with Gasteiger partial charge in [0.15, 0.2) is 5.82 Å². The van der Waals surface area contributed by atoms with Crippen molar-refractivity contribution in [1.82, 2.24) is 9.97 Å². The molecule has 9 nitrogen and oxygen atoms in total. The standard InChI is InChI=1S/C35H30N4O5S2/c1-23-11-19-27(20-12-23)45(40,41)38-31-9-6-10-32(39-46(42,43)28-21-13-24(2)14-22-28)33(31)35-36-30-8-5-4-7-29(30)34(37-35)25-15-17-26(44-3)18-16-25/h4-22,38-39H,1-3H3. The van der Waals surface area contributed by atoms with E-state index in [1.807, 2.05) is 62.4 Å². The van der Waals surface area contributed by atoms with Gasteiger partial charge in [0.1, 0.15) is 5.75 Å². The summed E-state index contributed by atoms with van der Waals surface area (Å²) in [6.45, 7) is 3.73. The van der Waals surface area contributed by atoms with Crippen molar-refractivity contribution in [2.75, 3.05) is 16.6 Å². The summed E-state index contributed by atoms with van der Waals surface area (Å²) in [5, 5.41) is 0.760. The predicted molar refractivity (Wildman–Crippen MR) is 181 cm³/mol. The van der Waals surface area contributed by atoms with Crippen molar-refractivity contribution in [2.45, 2.75) is 23.6 Å². The van der Waals surface area contributed by atoms with Gasteiger partial charge in [0.05, 0.1) is 45.0 Å². The normalized spacial score (nSPS) is 11.7. The molecular weight excluding hydrogens is 621 g/mol. The van der Waals surface area contributed by atoms with Gasteiger partial charge in [-0.2, -0.15) is 0 Å². The maximum absolute atomic E-state index is 13.6. The number of methoxy groups -OCH3 is 1. The molecule has 0 aliphatic carbocycles. The Labute approximate surface area is 268 Å². The molecule has 0 saturated carbocycles. The lowest BCUT2D eigenvalue weighted by atomic mass is 10.0. The first kappa shape index (κ1) is 30.8. The van der Waals surface area contributed by atoms with Crippen molar-refractivity contribution in [3.63, 3.8) is 0 Å². The van der Waals surface area contributed by atoms with Crippen LogP contribution in [0.1, 0.15) is 11.1 Å². The third-order valence-electron chi connectivity index (χ3n) is 7.41. The van der Waals surface area contributed by atoms with E-state index >= 15 is 0 Å². The van der Waals surface area contributed by atoms with E-state index < -0.39 is 20.0 Å². The molecule has 0 spiro atoms. The Bertz CT molecular complexity index is 2180. The van der Waals surface area contributed by atoms with Crippen molar-refractivity contribution in [1.29, 1.82) is 0 Å². The fraction of sp³-hybridized carbons (Fsp3) is 0.0857. The van der Waals surface area contributed by atoms with Crippen molar-refractivity contribution < 1.29 is 21.6 Å². The van der Waals surface area contributed by atoms with E-state index in [0.717, 1.165) is 22.1 Å². The molecule has 1 aromatic heterocycles. The van der Waals surface area contributed by atoms with Crippen LogP contribution in [0.3, 0.4) is 0 Å². The zero-order chi connectivity index (χ0) is 32.5. The van der Waals surface area contributed by atoms with E-state index in [2.05, 4.69) is 9.44 Å². The number of nitrogens with one attached hydrogen (secondary N) is 2. The van der Waals surface area contributed by atoms with Crippen LogP contribution in [-0.4, -0.2) is 33.9 Å². The number of aromatic nitrogens is 2. The van der Waals surface area contributed by atoms with E-state index in [0.29, 0.717) is 17.0 Å². The molecule has 11 heteroatoms. The number of hydrogen-bond acceptors (Lipinski definition) is 7. The fourth-order valence-corrected chi connectivity index (χ4v) is 7.11. The Hall–Kier alpha value is -5.26. The number of hydrogen-bond donors (Lipinski definition) is 2. The average Bonchev–Trinajstić information content (AvgIpc) is 3.04. The Morgan fingerprint density at radius 2 is 1.11 bits per heavy atom. The van der Waals surface area contributed by atoms with E-state index in [4.69, 9.17) is 14.7 Å².